The number of hydrogen-bond acceptors (Lipinski definition) is 7. The van der Waals surface area contributed by atoms with Gasteiger partial charge in [0, 0.05) is 11.6 Å². The Labute approximate surface area is 188 Å². The van der Waals surface area contributed by atoms with Crippen molar-refractivity contribution in [3.05, 3.63) is 82.1 Å². The van der Waals surface area contributed by atoms with Crippen molar-refractivity contribution in [3.63, 3.8) is 0 Å². The third kappa shape index (κ3) is 4.52. The molecule has 0 bridgehead atoms. The molecule has 4 rings (SSSR count). The van der Waals surface area contributed by atoms with E-state index in [-0.39, 0.29) is 22.9 Å². The monoisotopic (exact) mass is 441 g/mol. The summed E-state index contributed by atoms with van der Waals surface area (Å²) in [6.45, 7) is 2.06. The topological polar surface area (TPSA) is 118 Å². The van der Waals surface area contributed by atoms with Gasteiger partial charge in [-0.3, -0.25) is 4.79 Å². The number of ether oxygens (including phenoxy) is 2. The van der Waals surface area contributed by atoms with Crippen molar-refractivity contribution in [2.75, 3.05) is 13.7 Å². The number of allylic oxidation sites excluding steroid dienone is 1. The summed E-state index contributed by atoms with van der Waals surface area (Å²) in [4.78, 5) is 31.3. The number of benzene rings is 2. The molecular formula is C25H19N3O5. The first-order valence-corrected chi connectivity index (χ1v) is 10.1. The molecule has 2 heterocycles. The molecule has 2 aromatic carbocycles. The van der Waals surface area contributed by atoms with E-state index in [0.29, 0.717) is 40.3 Å². The van der Waals surface area contributed by atoms with Crippen molar-refractivity contribution in [1.29, 1.82) is 5.26 Å². The Morgan fingerprint density at radius 2 is 1.97 bits per heavy atom. The smallest absolute Gasteiger partial charge is 0.338 e. The highest BCUT2D eigenvalue weighted by molar-refractivity contribution is 5.90. The second-order valence-electron chi connectivity index (χ2n) is 6.97. The predicted molar refractivity (Wildman–Crippen MR) is 123 cm³/mol. The molecule has 1 N–H and O–H groups in total. The molecule has 8 heteroatoms. The predicted octanol–water partition coefficient (Wildman–Crippen LogP) is 4.43. The minimum atomic E-state index is -0.388. The number of H-pyrrole nitrogens is 1. The first kappa shape index (κ1) is 21.6. The minimum Gasteiger partial charge on any atom is -0.497 e. The lowest BCUT2D eigenvalue weighted by atomic mass is 10.1. The van der Waals surface area contributed by atoms with Gasteiger partial charge in [0.25, 0.3) is 5.56 Å². The normalized spacial score (nSPS) is 11.2. The van der Waals surface area contributed by atoms with E-state index in [1.165, 1.54) is 13.2 Å². The average molecular weight is 441 g/mol. The number of furan rings is 1. The number of hydrogen-bond donors (Lipinski definition) is 1. The van der Waals surface area contributed by atoms with Crippen LogP contribution in [0.2, 0.25) is 0 Å². The molecule has 0 radical (unpaired) electrons. The molecule has 0 spiro atoms. The zero-order valence-corrected chi connectivity index (χ0v) is 17.9. The summed E-state index contributed by atoms with van der Waals surface area (Å²) < 4.78 is 16.0. The van der Waals surface area contributed by atoms with Crippen LogP contribution in [0.1, 0.15) is 28.9 Å². The molecule has 0 saturated heterocycles. The van der Waals surface area contributed by atoms with Crippen molar-refractivity contribution in [3.8, 4) is 23.1 Å². The van der Waals surface area contributed by atoms with Crippen LogP contribution in [-0.2, 0) is 4.74 Å². The quantitative estimate of drug-likeness (QED) is 0.347. The van der Waals surface area contributed by atoms with Gasteiger partial charge in [-0.05, 0) is 49.4 Å². The summed E-state index contributed by atoms with van der Waals surface area (Å²) in [7, 11) is 1.51. The van der Waals surface area contributed by atoms with E-state index in [9.17, 15) is 14.9 Å². The Balaban J connectivity index is 1.63. The lowest BCUT2D eigenvalue weighted by Crippen LogP contribution is -2.11. The van der Waals surface area contributed by atoms with E-state index in [2.05, 4.69) is 16.0 Å². The van der Waals surface area contributed by atoms with Crippen molar-refractivity contribution in [2.24, 2.45) is 0 Å². The molecule has 33 heavy (non-hydrogen) atoms. The summed E-state index contributed by atoms with van der Waals surface area (Å²) in [5, 5.41) is 10.0. The number of rotatable bonds is 6. The molecule has 8 nitrogen and oxygen atoms in total. The number of fused-ring (bicyclic) bond motifs is 1. The highest BCUT2D eigenvalue weighted by Crippen LogP contribution is 2.25. The SMILES string of the molecule is CCOC(=O)c1ccc(-c2ccc(/C=C(/C#N)c3nc4ccc(OC)cc4c(=O)[nH]3)o2)cc1. The molecule has 0 atom stereocenters. The van der Waals surface area contributed by atoms with E-state index >= 15 is 0 Å². The van der Waals surface area contributed by atoms with E-state index in [4.69, 9.17) is 13.9 Å². The molecule has 0 aliphatic carbocycles. The second kappa shape index (κ2) is 9.24. The van der Waals surface area contributed by atoms with Gasteiger partial charge >= 0.3 is 5.97 Å². The van der Waals surface area contributed by atoms with E-state index < -0.39 is 0 Å². The number of nitriles is 1. The van der Waals surface area contributed by atoms with Crippen LogP contribution in [0.4, 0.5) is 0 Å². The van der Waals surface area contributed by atoms with Gasteiger partial charge < -0.3 is 18.9 Å². The average Bonchev–Trinajstić information content (AvgIpc) is 3.31. The van der Waals surface area contributed by atoms with Crippen LogP contribution in [0.5, 0.6) is 5.75 Å². The first-order valence-electron chi connectivity index (χ1n) is 10.1. The van der Waals surface area contributed by atoms with Gasteiger partial charge in [0.2, 0.25) is 0 Å². The summed E-state index contributed by atoms with van der Waals surface area (Å²) in [6, 6.07) is 17.3. The van der Waals surface area contributed by atoms with Gasteiger partial charge in [-0.1, -0.05) is 12.1 Å². The maximum Gasteiger partial charge on any atom is 0.338 e. The molecule has 0 amide bonds. The van der Waals surface area contributed by atoms with Gasteiger partial charge in [-0.2, -0.15) is 5.26 Å². The lowest BCUT2D eigenvalue weighted by Gasteiger charge is -2.04. The van der Waals surface area contributed by atoms with Crippen LogP contribution in [0.15, 0.2) is 63.8 Å². The zero-order valence-electron chi connectivity index (χ0n) is 17.9. The van der Waals surface area contributed by atoms with Crippen LogP contribution in [-0.4, -0.2) is 29.7 Å². The number of nitrogens with one attached hydrogen (secondary N) is 1. The van der Waals surface area contributed by atoms with Crippen LogP contribution < -0.4 is 10.3 Å². The molecule has 0 saturated carbocycles. The van der Waals surface area contributed by atoms with E-state index in [0.717, 1.165) is 5.56 Å². The maximum atomic E-state index is 12.5. The summed E-state index contributed by atoms with van der Waals surface area (Å²) >= 11 is 0. The number of carbonyl (C=O) groups excluding carboxylic acids is 1. The standard InChI is InChI=1S/C25H19N3O5/c1-3-32-25(30)16-6-4-15(5-7-16)22-11-9-19(33-22)12-17(14-26)23-27-21-10-8-18(31-2)13-20(21)24(29)28-23/h4-13H,3H2,1-2H3,(H,27,28,29)/b17-12-. The van der Waals surface area contributed by atoms with Crippen LogP contribution >= 0.6 is 0 Å². The number of nitrogens with zero attached hydrogens (tertiary/aromatic N) is 2. The van der Waals surface area contributed by atoms with Crippen LogP contribution in [0, 0.1) is 11.3 Å². The number of carbonyl (C=O) groups is 1. The Morgan fingerprint density at radius 1 is 1.18 bits per heavy atom. The van der Waals surface area contributed by atoms with E-state index in [1.807, 2.05) is 0 Å². The molecule has 2 aromatic heterocycles. The third-order valence-electron chi connectivity index (χ3n) is 4.88. The highest BCUT2D eigenvalue weighted by Gasteiger charge is 2.12. The van der Waals surface area contributed by atoms with Crippen molar-refractivity contribution in [2.45, 2.75) is 6.92 Å². The molecule has 0 aliphatic rings. The minimum absolute atomic E-state index is 0.136. The number of aromatic amines is 1. The van der Waals surface area contributed by atoms with Crippen LogP contribution in [0.25, 0.3) is 33.9 Å². The fourth-order valence-corrected chi connectivity index (χ4v) is 3.24. The molecule has 0 unspecified atom stereocenters. The fraction of sp³-hybridized carbons (Fsp3) is 0.120. The van der Waals surface area contributed by atoms with Crippen molar-refractivity contribution >= 4 is 28.5 Å². The number of methoxy groups -OCH3 is 1. The van der Waals surface area contributed by atoms with Gasteiger partial charge in [-0.25, -0.2) is 9.78 Å². The second-order valence-corrected chi connectivity index (χ2v) is 6.97. The Kier molecular flexibility index (Phi) is 6.04. The Hall–Kier alpha value is -4.64. The Morgan fingerprint density at radius 3 is 2.67 bits per heavy atom. The van der Waals surface area contributed by atoms with Crippen molar-refractivity contribution < 1.29 is 18.7 Å². The lowest BCUT2D eigenvalue weighted by molar-refractivity contribution is 0.0526. The molecular weight excluding hydrogens is 422 g/mol. The van der Waals surface area contributed by atoms with Gasteiger partial charge in [-0.15, -0.1) is 0 Å². The van der Waals surface area contributed by atoms with Crippen LogP contribution in [0.3, 0.4) is 0 Å². The molecule has 4 aromatic rings. The number of esters is 1. The first-order chi connectivity index (χ1) is 16.0. The summed E-state index contributed by atoms with van der Waals surface area (Å²) in [6.07, 6.45) is 1.50. The van der Waals surface area contributed by atoms with Crippen molar-refractivity contribution in [1.82, 2.24) is 9.97 Å². The van der Waals surface area contributed by atoms with E-state index in [1.54, 1.807) is 61.5 Å². The maximum absolute atomic E-state index is 12.5. The largest absolute Gasteiger partial charge is 0.497 e. The van der Waals surface area contributed by atoms with Gasteiger partial charge in [0.05, 0.1) is 35.8 Å². The molecule has 164 valence electrons. The highest BCUT2D eigenvalue weighted by atomic mass is 16.5. The van der Waals surface area contributed by atoms with Gasteiger partial charge in [0.1, 0.15) is 23.3 Å². The van der Waals surface area contributed by atoms with Gasteiger partial charge in [0.15, 0.2) is 5.82 Å². The summed E-state index contributed by atoms with van der Waals surface area (Å²) in [5.41, 5.74) is 1.41. The zero-order chi connectivity index (χ0) is 23.4. The molecule has 0 fully saturated rings. The Bertz CT molecular complexity index is 1460. The molecule has 0 aliphatic heterocycles. The third-order valence-corrected chi connectivity index (χ3v) is 4.88. The fourth-order valence-electron chi connectivity index (χ4n) is 3.24. The summed E-state index contributed by atoms with van der Waals surface area (Å²) in [5.74, 6) is 1.25. The number of aromatic nitrogens is 2.